The molecular weight excluding hydrogens is 428 g/mol. The summed E-state index contributed by atoms with van der Waals surface area (Å²) in [6, 6.07) is 17.8. The van der Waals surface area contributed by atoms with E-state index in [1.165, 1.54) is 31.2 Å². The van der Waals surface area contributed by atoms with Gasteiger partial charge in [0.1, 0.15) is 11.9 Å². The summed E-state index contributed by atoms with van der Waals surface area (Å²) < 4.78 is 5.02. The third-order valence-electron chi connectivity index (χ3n) is 4.91. The molecule has 0 aliphatic rings. The zero-order valence-corrected chi connectivity index (χ0v) is 17.7. The van der Waals surface area contributed by atoms with Crippen LogP contribution in [0.1, 0.15) is 28.9 Å². The number of benzene rings is 3. The van der Waals surface area contributed by atoms with Crippen LogP contribution in [0.25, 0.3) is 11.1 Å². The number of aliphatic hydroxyl groups excluding tert-OH is 2. The molecule has 0 spiro atoms. The molecule has 33 heavy (non-hydrogen) atoms. The van der Waals surface area contributed by atoms with Crippen LogP contribution in [0, 0.1) is 10.1 Å². The van der Waals surface area contributed by atoms with Crippen LogP contribution in [0.4, 0.5) is 5.69 Å². The van der Waals surface area contributed by atoms with E-state index < -0.39 is 35.6 Å². The first-order valence-electron chi connectivity index (χ1n) is 10.0. The molecule has 0 heterocycles. The molecule has 0 aliphatic heterocycles. The number of hydrogen-bond donors (Lipinski definition) is 3. The Morgan fingerprint density at radius 3 is 2.27 bits per heavy atom. The first-order chi connectivity index (χ1) is 15.8. The summed E-state index contributed by atoms with van der Waals surface area (Å²) in [5.74, 6) is -0.518. The van der Waals surface area contributed by atoms with Crippen LogP contribution in [0.5, 0.6) is 5.75 Å². The minimum atomic E-state index is -1.27. The average molecular weight is 450 g/mol. The maximum absolute atomic E-state index is 12.8. The lowest BCUT2D eigenvalue weighted by molar-refractivity contribution is -0.384. The van der Waals surface area contributed by atoms with Gasteiger partial charge in [-0.05, 0) is 53.1 Å². The molecule has 3 aromatic carbocycles. The molecular formula is C24H22N2O7. The minimum Gasteiger partial charge on any atom is -0.427 e. The first-order valence-corrected chi connectivity index (χ1v) is 10.0. The maximum Gasteiger partial charge on any atom is 0.308 e. The molecule has 0 aromatic heterocycles. The van der Waals surface area contributed by atoms with Crippen LogP contribution >= 0.6 is 0 Å². The van der Waals surface area contributed by atoms with Crippen molar-refractivity contribution < 1.29 is 29.5 Å². The predicted molar refractivity (Wildman–Crippen MR) is 120 cm³/mol. The standard InChI is InChI=1S/C24H22N2O7/c1-15(28)33-21-11-7-16(8-12-21)18-3-2-4-19(13-18)24(30)25-22(14-27)23(29)17-5-9-20(10-6-17)26(31)32/h2-13,22-23,27,29H,14H2,1H3,(H,25,30). The van der Waals surface area contributed by atoms with Crippen LogP contribution in [-0.2, 0) is 4.79 Å². The molecule has 0 fully saturated rings. The zero-order chi connectivity index (χ0) is 24.0. The number of carbonyl (C=O) groups excluding carboxylic acids is 2. The SMILES string of the molecule is CC(=O)Oc1ccc(-c2cccc(C(=O)NC(CO)C(O)c3ccc([N+](=O)[O-])cc3)c2)cc1. The van der Waals surface area contributed by atoms with Crippen LogP contribution in [0.15, 0.2) is 72.8 Å². The molecule has 0 radical (unpaired) electrons. The van der Waals surface area contributed by atoms with Crippen LogP contribution < -0.4 is 10.1 Å². The second kappa shape index (κ2) is 10.5. The summed E-state index contributed by atoms with van der Waals surface area (Å²) in [7, 11) is 0. The first kappa shape index (κ1) is 23.6. The van der Waals surface area contributed by atoms with Crippen molar-refractivity contribution in [2.75, 3.05) is 6.61 Å². The predicted octanol–water partition coefficient (Wildman–Crippen LogP) is 3.01. The van der Waals surface area contributed by atoms with Crippen LogP contribution in [0.2, 0.25) is 0 Å². The van der Waals surface area contributed by atoms with E-state index in [1.807, 2.05) is 6.07 Å². The van der Waals surface area contributed by atoms with Gasteiger partial charge in [-0.15, -0.1) is 0 Å². The average Bonchev–Trinajstić information content (AvgIpc) is 2.82. The van der Waals surface area contributed by atoms with E-state index in [4.69, 9.17) is 4.74 Å². The van der Waals surface area contributed by atoms with Crippen molar-refractivity contribution in [3.63, 3.8) is 0 Å². The number of nitrogens with one attached hydrogen (secondary N) is 1. The number of esters is 1. The van der Waals surface area contributed by atoms with Crippen molar-refractivity contribution in [3.8, 4) is 16.9 Å². The minimum absolute atomic E-state index is 0.131. The summed E-state index contributed by atoms with van der Waals surface area (Å²) in [5.41, 5.74) is 2.04. The lowest BCUT2D eigenvalue weighted by atomic mass is 10.0. The van der Waals surface area contributed by atoms with Crippen molar-refractivity contribution in [1.82, 2.24) is 5.32 Å². The number of non-ortho nitro benzene ring substituents is 1. The van der Waals surface area contributed by atoms with Gasteiger partial charge in [-0.3, -0.25) is 19.7 Å². The van der Waals surface area contributed by atoms with E-state index in [9.17, 15) is 29.9 Å². The fourth-order valence-corrected chi connectivity index (χ4v) is 3.22. The molecule has 3 N–H and O–H groups in total. The van der Waals surface area contributed by atoms with E-state index >= 15 is 0 Å². The van der Waals surface area contributed by atoms with E-state index in [1.54, 1.807) is 42.5 Å². The van der Waals surface area contributed by atoms with E-state index in [2.05, 4.69) is 5.32 Å². The molecule has 3 aromatic rings. The van der Waals surface area contributed by atoms with Crippen molar-refractivity contribution in [2.24, 2.45) is 0 Å². The Kier molecular flexibility index (Phi) is 7.50. The van der Waals surface area contributed by atoms with Crippen molar-refractivity contribution in [3.05, 3.63) is 94.0 Å². The second-order valence-electron chi connectivity index (χ2n) is 7.25. The highest BCUT2D eigenvalue weighted by Crippen LogP contribution is 2.24. The number of carbonyl (C=O) groups is 2. The maximum atomic E-state index is 12.8. The Bertz CT molecular complexity index is 1140. The second-order valence-corrected chi connectivity index (χ2v) is 7.25. The van der Waals surface area contributed by atoms with Gasteiger partial charge in [-0.25, -0.2) is 0 Å². The number of nitro groups is 1. The summed E-state index contributed by atoms with van der Waals surface area (Å²) in [5, 5.41) is 33.6. The molecule has 0 bridgehead atoms. The van der Waals surface area contributed by atoms with Crippen LogP contribution in [0.3, 0.4) is 0 Å². The molecule has 0 aliphatic carbocycles. The number of amides is 1. The van der Waals surface area contributed by atoms with Crippen molar-refractivity contribution in [1.29, 1.82) is 0 Å². The number of ether oxygens (including phenoxy) is 1. The van der Waals surface area contributed by atoms with E-state index in [0.717, 1.165) is 11.1 Å². The Balaban J connectivity index is 1.73. The van der Waals surface area contributed by atoms with Gasteiger partial charge in [-0.1, -0.05) is 24.3 Å². The molecule has 0 saturated carbocycles. The van der Waals surface area contributed by atoms with Crippen LogP contribution in [-0.4, -0.2) is 39.7 Å². The topological polar surface area (TPSA) is 139 Å². The number of nitro benzene ring substituents is 1. The fraction of sp³-hybridized carbons (Fsp3) is 0.167. The molecule has 9 heteroatoms. The highest BCUT2D eigenvalue weighted by Gasteiger charge is 2.23. The molecule has 3 rings (SSSR count). The Hall–Kier alpha value is -4.08. The van der Waals surface area contributed by atoms with Gasteiger partial charge in [0.2, 0.25) is 0 Å². The Morgan fingerprint density at radius 1 is 1.03 bits per heavy atom. The third kappa shape index (κ3) is 6.00. The highest BCUT2D eigenvalue weighted by molar-refractivity contribution is 5.95. The highest BCUT2D eigenvalue weighted by atomic mass is 16.6. The molecule has 170 valence electrons. The lowest BCUT2D eigenvalue weighted by Gasteiger charge is -2.22. The van der Waals surface area contributed by atoms with Crippen molar-refractivity contribution in [2.45, 2.75) is 19.1 Å². The Morgan fingerprint density at radius 2 is 1.70 bits per heavy atom. The molecule has 1 amide bonds. The zero-order valence-electron chi connectivity index (χ0n) is 17.7. The molecule has 9 nitrogen and oxygen atoms in total. The number of rotatable bonds is 8. The number of hydrogen-bond acceptors (Lipinski definition) is 7. The summed E-state index contributed by atoms with van der Waals surface area (Å²) in [4.78, 5) is 34.1. The largest absolute Gasteiger partial charge is 0.427 e. The third-order valence-corrected chi connectivity index (χ3v) is 4.91. The van der Waals surface area contributed by atoms with Gasteiger partial charge >= 0.3 is 5.97 Å². The van der Waals surface area contributed by atoms with Gasteiger partial charge in [0, 0.05) is 24.6 Å². The van der Waals surface area contributed by atoms with Gasteiger partial charge in [0.25, 0.3) is 11.6 Å². The van der Waals surface area contributed by atoms with Gasteiger partial charge in [0.05, 0.1) is 17.6 Å². The smallest absolute Gasteiger partial charge is 0.308 e. The molecule has 2 unspecified atom stereocenters. The number of aliphatic hydroxyl groups is 2. The van der Waals surface area contributed by atoms with Gasteiger partial charge in [0.15, 0.2) is 0 Å². The molecule has 2 atom stereocenters. The lowest BCUT2D eigenvalue weighted by Crippen LogP contribution is -2.42. The van der Waals surface area contributed by atoms with Gasteiger partial charge < -0.3 is 20.3 Å². The van der Waals surface area contributed by atoms with Crippen molar-refractivity contribution >= 4 is 17.6 Å². The number of nitrogens with zero attached hydrogens (tertiary/aromatic N) is 1. The summed E-state index contributed by atoms with van der Waals surface area (Å²) >= 11 is 0. The summed E-state index contributed by atoms with van der Waals surface area (Å²) in [6.07, 6.45) is -1.27. The fourth-order valence-electron chi connectivity index (χ4n) is 3.22. The monoisotopic (exact) mass is 450 g/mol. The van der Waals surface area contributed by atoms with Gasteiger partial charge in [-0.2, -0.15) is 0 Å². The normalized spacial score (nSPS) is 12.5. The Labute approximate surface area is 189 Å². The van der Waals surface area contributed by atoms with E-state index in [0.29, 0.717) is 16.9 Å². The summed E-state index contributed by atoms with van der Waals surface area (Å²) in [6.45, 7) is 0.773. The quantitative estimate of drug-likeness (QED) is 0.207. The molecule has 0 saturated heterocycles. The van der Waals surface area contributed by atoms with E-state index in [-0.39, 0.29) is 5.69 Å².